The lowest BCUT2D eigenvalue weighted by Crippen LogP contribution is -2.26. The van der Waals surface area contributed by atoms with Crippen molar-refractivity contribution in [1.82, 2.24) is 29.4 Å². The molecule has 0 aliphatic carbocycles. The van der Waals surface area contributed by atoms with Crippen molar-refractivity contribution in [3.05, 3.63) is 87.5 Å². The van der Waals surface area contributed by atoms with Crippen molar-refractivity contribution in [3.8, 4) is 0 Å². The standard InChI is InChI=1S/C22H20N6O2/c1-14-25-19-12-28(11-17(19)21(29)26-14)22(30)16-9-18-20(23-10-16)27(13-24-18)8-7-15-5-3-2-4-6-15/h2-6,9-10,13H,7-8,11-12H2,1H3,(H,25,26,29). The van der Waals surface area contributed by atoms with Crippen LogP contribution in [0, 0.1) is 6.92 Å². The molecule has 1 amide bonds. The van der Waals surface area contributed by atoms with Crippen molar-refractivity contribution in [2.24, 2.45) is 0 Å². The molecule has 0 spiro atoms. The monoisotopic (exact) mass is 400 g/mol. The van der Waals surface area contributed by atoms with Crippen LogP contribution in [0.15, 0.2) is 53.7 Å². The maximum atomic E-state index is 13.0. The van der Waals surface area contributed by atoms with Gasteiger partial charge in [0.1, 0.15) is 11.3 Å². The third kappa shape index (κ3) is 3.26. The Morgan fingerprint density at radius 2 is 2.00 bits per heavy atom. The summed E-state index contributed by atoms with van der Waals surface area (Å²) in [5.41, 5.74) is 4.16. The Morgan fingerprint density at radius 3 is 2.83 bits per heavy atom. The average molecular weight is 400 g/mol. The number of aromatic amines is 1. The third-order valence-electron chi connectivity index (χ3n) is 5.38. The minimum absolute atomic E-state index is 0.182. The maximum absolute atomic E-state index is 13.0. The lowest BCUT2D eigenvalue weighted by molar-refractivity contribution is 0.0750. The van der Waals surface area contributed by atoms with Crippen LogP contribution in [0.3, 0.4) is 0 Å². The van der Waals surface area contributed by atoms with Crippen molar-refractivity contribution in [1.29, 1.82) is 0 Å². The maximum Gasteiger partial charge on any atom is 0.256 e. The highest BCUT2D eigenvalue weighted by Gasteiger charge is 2.28. The number of fused-ring (bicyclic) bond motifs is 2. The van der Waals surface area contributed by atoms with Gasteiger partial charge >= 0.3 is 0 Å². The molecule has 0 bridgehead atoms. The molecule has 1 N–H and O–H groups in total. The largest absolute Gasteiger partial charge is 0.328 e. The van der Waals surface area contributed by atoms with Gasteiger partial charge in [-0.05, 0) is 25.0 Å². The molecular formula is C22H20N6O2. The number of aryl methyl sites for hydroxylation is 3. The number of H-pyrrole nitrogens is 1. The summed E-state index contributed by atoms with van der Waals surface area (Å²) in [6.45, 7) is 3.07. The number of hydrogen-bond donors (Lipinski definition) is 1. The second-order valence-corrected chi connectivity index (χ2v) is 7.48. The normalized spacial score (nSPS) is 13.0. The predicted molar refractivity (Wildman–Crippen MR) is 111 cm³/mol. The quantitative estimate of drug-likeness (QED) is 0.567. The van der Waals surface area contributed by atoms with Gasteiger partial charge in [0.15, 0.2) is 5.65 Å². The number of amides is 1. The van der Waals surface area contributed by atoms with Crippen molar-refractivity contribution in [2.45, 2.75) is 33.0 Å². The van der Waals surface area contributed by atoms with Gasteiger partial charge in [-0.25, -0.2) is 15.0 Å². The number of carbonyl (C=O) groups excluding carboxylic acids is 1. The summed E-state index contributed by atoms with van der Waals surface area (Å²) in [7, 11) is 0. The summed E-state index contributed by atoms with van der Waals surface area (Å²) >= 11 is 0. The molecule has 0 atom stereocenters. The number of carbonyl (C=O) groups is 1. The van der Waals surface area contributed by atoms with E-state index >= 15 is 0 Å². The van der Waals surface area contributed by atoms with Crippen LogP contribution in [0.1, 0.15) is 33.0 Å². The molecule has 1 aliphatic heterocycles. The molecule has 8 heteroatoms. The summed E-state index contributed by atoms with van der Waals surface area (Å²) < 4.78 is 1.99. The van der Waals surface area contributed by atoms with E-state index in [2.05, 4.69) is 32.1 Å². The van der Waals surface area contributed by atoms with Crippen LogP contribution in [-0.2, 0) is 26.1 Å². The van der Waals surface area contributed by atoms with Gasteiger partial charge < -0.3 is 14.5 Å². The van der Waals surface area contributed by atoms with E-state index in [0.717, 1.165) is 18.6 Å². The molecule has 0 saturated carbocycles. The first-order valence-corrected chi connectivity index (χ1v) is 9.81. The molecule has 0 fully saturated rings. The second-order valence-electron chi connectivity index (χ2n) is 7.48. The van der Waals surface area contributed by atoms with Crippen LogP contribution in [0.5, 0.6) is 0 Å². The number of nitrogens with one attached hydrogen (secondary N) is 1. The average Bonchev–Trinajstić information content (AvgIpc) is 3.36. The topological polar surface area (TPSA) is 96.8 Å². The Hall–Kier alpha value is -3.81. The highest BCUT2D eigenvalue weighted by atomic mass is 16.2. The highest BCUT2D eigenvalue weighted by molar-refractivity contribution is 5.96. The van der Waals surface area contributed by atoms with E-state index in [0.29, 0.717) is 34.7 Å². The Morgan fingerprint density at radius 1 is 1.17 bits per heavy atom. The van der Waals surface area contributed by atoms with Crippen LogP contribution >= 0.6 is 0 Å². The molecule has 3 aromatic heterocycles. The smallest absolute Gasteiger partial charge is 0.256 e. The summed E-state index contributed by atoms with van der Waals surface area (Å²) in [5.74, 6) is 0.371. The number of nitrogens with zero attached hydrogens (tertiary/aromatic N) is 5. The Balaban J connectivity index is 1.35. The first kappa shape index (κ1) is 18.2. The first-order valence-electron chi connectivity index (χ1n) is 9.81. The highest BCUT2D eigenvalue weighted by Crippen LogP contribution is 2.21. The van der Waals surface area contributed by atoms with Crippen LogP contribution < -0.4 is 5.56 Å². The number of imidazole rings is 1. The van der Waals surface area contributed by atoms with E-state index in [4.69, 9.17) is 0 Å². The first-order chi connectivity index (χ1) is 14.6. The van der Waals surface area contributed by atoms with E-state index in [-0.39, 0.29) is 18.0 Å². The number of pyridine rings is 1. The van der Waals surface area contributed by atoms with Gasteiger partial charge in [0.25, 0.3) is 11.5 Å². The minimum Gasteiger partial charge on any atom is -0.328 e. The van der Waals surface area contributed by atoms with Gasteiger partial charge in [-0.3, -0.25) is 9.59 Å². The molecule has 5 rings (SSSR count). The fraction of sp³-hybridized carbons (Fsp3) is 0.227. The zero-order valence-corrected chi connectivity index (χ0v) is 16.5. The van der Waals surface area contributed by atoms with Gasteiger partial charge in [-0.2, -0.15) is 0 Å². The summed E-state index contributed by atoms with van der Waals surface area (Å²) in [4.78, 5) is 42.7. The van der Waals surface area contributed by atoms with Crippen LogP contribution in [0.25, 0.3) is 11.2 Å². The zero-order chi connectivity index (χ0) is 20.7. The molecule has 150 valence electrons. The fourth-order valence-electron chi connectivity index (χ4n) is 3.84. The van der Waals surface area contributed by atoms with Gasteiger partial charge in [-0.15, -0.1) is 0 Å². The van der Waals surface area contributed by atoms with Crippen molar-refractivity contribution < 1.29 is 4.79 Å². The SMILES string of the molecule is Cc1nc2c(c(=O)[nH]1)CN(C(=O)c1cnc3c(c1)ncn3CCc1ccccc1)C2. The fourth-order valence-corrected chi connectivity index (χ4v) is 3.84. The molecule has 4 heterocycles. The summed E-state index contributed by atoms with van der Waals surface area (Å²) in [6, 6.07) is 12.0. The molecule has 0 unspecified atom stereocenters. The molecule has 0 saturated heterocycles. The molecule has 8 nitrogen and oxygen atoms in total. The molecule has 4 aromatic rings. The predicted octanol–water partition coefficient (Wildman–Crippen LogP) is 2.22. The van der Waals surface area contributed by atoms with Gasteiger partial charge in [0, 0.05) is 12.7 Å². The second kappa shape index (κ2) is 7.22. The Kier molecular flexibility index (Phi) is 4.39. The molecule has 0 radical (unpaired) electrons. The van der Waals surface area contributed by atoms with Crippen LogP contribution in [-0.4, -0.2) is 35.3 Å². The van der Waals surface area contributed by atoms with E-state index in [1.165, 1.54) is 5.56 Å². The minimum atomic E-state index is -0.182. The summed E-state index contributed by atoms with van der Waals surface area (Å²) in [6.07, 6.45) is 4.21. The Bertz CT molecular complexity index is 1310. The number of benzene rings is 1. The lowest BCUT2D eigenvalue weighted by atomic mass is 10.1. The summed E-state index contributed by atoms with van der Waals surface area (Å²) in [5, 5.41) is 0. The van der Waals surface area contributed by atoms with E-state index < -0.39 is 0 Å². The van der Waals surface area contributed by atoms with Crippen LogP contribution in [0.4, 0.5) is 0 Å². The number of hydrogen-bond acceptors (Lipinski definition) is 5. The Labute approximate surface area is 172 Å². The molecule has 30 heavy (non-hydrogen) atoms. The molecule has 1 aromatic carbocycles. The van der Waals surface area contributed by atoms with Gasteiger partial charge in [-0.1, -0.05) is 30.3 Å². The number of rotatable bonds is 4. The van der Waals surface area contributed by atoms with Gasteiger partial charge in [0.05, 0.1) is 36.2 Å². The zero-order valence-electron chi connectivity index (χ0n) is 16.5. The van der Waals surface area contributed by atoms with Crippen molar-refractivity contribution >= 4 is 17.1 Å². The number of aromatic nitrogens is 5. The van der Waals surface area contributed by atoms with Gasteiger partial charge in [0.2, 0.25) is 0 Å². The van der Waals surface area contributed by atoms with Crippen molar-refractivity contribution in [3.63, 3.8) is 0 Å². The van der Waals surface area contributed by atoms with Crippen LogP contribution in [0.2, 0.25) is 0 Å². The van der Waals surface area contributed by atoms with E-state index in [9.17, 15) is 9.59 Å². The lowest BCUT2D eigenvalue weighted by Gasteiger charge is -2.14. The molecule has 1 aliphatic rings. The van der Waals surface area contributed by atoms with E-state index in [1.807, 2.05) is 22.8 Å². The van der Waals surface area contributed by atoms with Crippen molar-refractivity contribution in [2.75, 3.05) is 0 Å². The third-order valence-corrected chi connectivity index (χ3v) is 5.38. The van der Waals surface area contributed by atoms with E-state index in [1.54, 1.807) is 30.4 Å². The molecular weight excluding hydrogens is 380 g/mol.